The molecule has 0 N–H and O–H groups in total. The Morgan fingerprint density at radius 1 is 1.18 bits per heavy atom. The van der Waals surface area contributed by atoms with E-state index in [-0.39, 0.29) is 6.10 Å². The predicted octanol–water partition coefficient (Wildman–Crippen LogP) is 2.79. The van der Waals surface area contributed by atoms with Crippen molar-refractivity contribution in [2.24, 2.45) is 0 Å². The van der Waals surface area contributed by atoms with Crippen LogP contribution < -0.4 is 0 Å². The number of morpholine rings is 1. The van der Waals surface area contributed by atoms with E-state index in [4.69, 9.17) is 4.74 Å². The first kappa shape index (κ1) is 15.1. The van der Waals surface area contributed by atoms with Crippen LogP contribution in [0, 0.1) is 6.92 Å². The Balaban J connectivity index is 1.49. The second-order valence-electron chi connectivity index (χ2n) is 5.83. The van der Waals surface area contributed by atoms with Crippen molar-refractivity contribution in [2.45, 2.75) is 25.9 Å². The van der Waals surface area contributed by atoms with Crippen molar-refractivity contribution in [3.63, 3.8) is 0 Å². The minimum atomic E-state index is 0.0542. The molecule has 4 heteroatoms. The van der Waals surface area contributed by atoms with Crippen LogP contribution in [0.1, 0.15) is 29.5 Å². The van der Waals surface area contributed by atoms with Gasteiger partial charge in [0.05, 0.1) is 24.2 Å². The molecule has 0 amide bonds. The fourth-order valence-electron chi connectivity index (χ4n) is 2.80. The number of benzene rings is 1. The van der Waals surface area contributed by atoms with E-state index in [0.29, 0.717) is 0 Å². The zero-order valence-corrected chi connectivity index (χ0v) is 13.1. The Hall–Kier alpha value is -1.78. The van der Waals surface area contributed by atoms with E-state index in [1.165, 1.54) is 12.0 Å². The number of aryl methyl sites for hydroxylation is 2. The van der Waals surface area contributed by atoms with Crippen LogP contribution in [-0.2, 0) is 11.2 Å². The summed E-state index contributed by atoms with van der Waals surface area (Å²) in [5, 5.41) is 0. The lowest BCUT2D eigenvalue weighted by Crippen LogP contribution is -2.39. The van der Waals surface area contributed by atoms with E-state index in [1.54, 1.807) is 0 Å². The maximum atomic E-state index is 5.85. The van der Waals surface area contributed by atoms with Gasteiger partial charge in [0, 0.05) is 19.3 Å². The second kappa shape index (κ2) is 7.47. The van der Waals surface area contributed by atoms with Gasteiger partial charge in [-0.25, -0.2) is 0 Å². The molecule has 0 spiro atoms. The van der Waals surface area contributed by atoms with Gasteiger partial charge in [0.1, 0.15) is 6.10 Å². The molecule has 1 aromatic carbocycles. The molecule has 3 rings (SSSR count). The van der Waals surface area contributed by atoms with Crippen LogP contribution in [0.4, 0.5) is 0 Å². The fourth-order valence-corrected chi connectivity index (χ4v) is 2.80. The lowest BCUT2D eigenvalue weighted by atomic mass is 10.1. The van der Waals surface area contributed by atoms with Gasteiger partial charge in [-0.1, -0.05) is 30.3 Å². The maximum absolute atomic E-state index is 5.85. The van der Waals surface area contributed by atoms with E-state index < -0.39 is 0 Å². The topological polar surface area (TPSA) is 38.2 Å². The van der Waals surface area contributed by atoms with Crippen LogP contribution in [0.5, 0.6) is 0 Å². The zero-order valence-electron chi connectivity index (χ0n) is 13.1. The molecule has 116 valence electrons. The molecule has 0 radical (unpaired) electrons. The third kappa shape index (κ3) is 4.12. The highest BCUT2D eigenvalue weighted by Crippen LogP contribution is 2.20. The van der Waals surface area contributed by atoms with Gasteiger partial charge in [0.25, 0.3) is 0 Å². The van der Waals surface area contributed by atoms with Crippen molar-refractivity contribution in [3.8, 4) is 0 Å². The van der Waals surface area contributed by atoms with Gasteiger partial charge in [-0.15, -0.1) is 0 Å². The Kier molecular flexibility index (Phi) is 5.14. The number of hydrogen-bond donors (Lipinski definition) is 0. The molecule has 2 aromatic rings. The molecule has 1 aliphatic rings. The summed E-state index contributed by atoms with van der Waals surface area (Å²) >= 11 is 0. The lowest BCUT2D eigenvalue weighted by molar-refractivity contribution is -0.0324. The van der Waals surface area contributed by atoms with E-state index in [9.17, 15) is 0 Å². The van der Waals surface area contributed by atoms with Crippen molar-refractivity contribution in [1.82, 2.24) is 14.9 Å². The Bertz CT molecular complexity index is 571. The highest BCUT2D eigenvalue weighted by atomic mass is 16.5. The quantitative estimate of drug-likeness (QED) is 0.850. The van der Waals surface area contributed by atoms with Gasteiger partial charge in [-0.05, 0) is 31.9 Å². The summed E-state index contributed by atoms with van der Waals surface area (Å²) in [6, 6.07) is 10.7. The Morgan fingerprint density at radius 3 is 2.82 bits per heavy atom. The monoisotopic (exact) mass is 297 g/mol. The summed E-state index contributed by atoms with van der Waals surface area (Å²) in [6.07, 6.45) is 6.02. The average molecular weight is 297 g/mol. The number of aromatic nitrogens is 2. The van der Waals surface area contributed by atoms with Crippen molar-refractivity contribution >= 4 is 0 Å². The largest absolute Gasteiger partial charge is 0.369 e. The van der Waals surface area contributed by atoms with Crippen molar-refractivity contribution < 1.29 is 4.74 Å². The molecule has 1 aliphatic heterocycles. The third-order valence-corrected chi connectivity index (χ3v) is 4.06. The van der Waals surface area contributed by atoms with E-state index in [2.05, 4.69) is 45.2 Å². The summed E-state index contributed by atoms with van der Waals surface area (Å²) in [4.78, 5) is 11.2. The first-order valence-electron chi connectivity index (χ1n) is 7.98. The van der Waals surface area contributed by atoms with Crippen LogP contribution in [0.3, 0.4) is 0 Å². The lowest BCUT2D eigenvalue weighted by Gasteiger charge is -2.32. The maximum Gasteiger partial charge on any atom is 0.114 e. The third-order valence-electron chi connectivity index (χ3n) is 4.06. The summed E-state index contributed by atoms with van der Waals surface area (Å²) in [7, 11) is 0. The normalized spacial score (nSPS) is 19.2. The molecule has 1 aromatic heterocycles. The smallest absolute Gasteiger partial charge is 0.114 e. The van der Waals surface area contributed by atoms with Crippen LogP contribution in [0.25, 0.3) is 0 Å². The van der Waals surface area contributed by atoms with Crippen LogP contribution >= 0.6 is 0 Å². The van der Waals surface area contributed by atoms with Gasteiger partial charge in [-0.2, -0.15) is 0 Å². The predicted molar refractivity (Wildman–Crippen MR) is 86.7 cm³/mol. The van der Waals surface area contributed by atoms with E-state index in [0.717, 1.165) is 44.0 Å². The van der Waals surface area contributed by atoms with Crippen LogP contribution in [0.15, 0.2) is 42.7 Å². The van der Waals surface area contributed by atoms with E-state index in [1.807, 2.05) is 19.3 Å². The van der Waals surface area contributed by atoms with Crippen LogP contribution in [-0.4, -0.2) is 41.1 Å². The van der Waals surface area contributed by atoms with Gasteiger partial charge in [-0.3, -0.25) is 14.9 Å². The molecule has 1 atom stereocenters. The average Bonchev–Trinajstić information content (AvgIpc) is 2.57. The zero-order chi connectivity index (χ0) is 15.2. The summed E-state index contributed by atoms with van der Waals surface area (Å²) < 4.78 is 5.85. The Labute approximate surface area is 132 Å². The van der Waals surface area contributed by atoms with Gasteiger partial charge < -0.3 is 4.74 Å². The molecular weight excluding hydrogens is 274 g/mol. The molecule has 22 heavy (non-hydrogen) atoms. The SMILES string of the molecule is Cc1cnc([C@@H]2CN(CCCc3ccccc3)CCO2)cn1. The first-order valence-corrected chi connectivity index (χ1v) is 7.98. The molecule has 2 heterocycles. The molecule has 0 aliphatic carbocycles. The first-order chi connectivity index (χ1) is 10.8. The minimum absolute atomic E-state index is 0.0542. The molecule has 4 nitrogen and oxygen atoms in total. The number of hydrogen-bond acceptors (Lipinski definition) is 4. The van der Waals surface area contributed by atoms with Crippen molar-refractivity contribution in [2.75, 3.05) is 26.2 Å². The standard InChI is InChI=1S/C18H23N3O/c1-15-12-20-17(13-19-15)18-14-21(10-11-22-18)9-5-8-16-6-3-2-4-7-16/h2-4,6-7,12-13,18H,5,8-11,14H2,1H3/t18-/m0/s1. The molecule has 0 saturated carbocycles. The Morgan fingerprint density at radius 2 is 2.05 bits per heavy atom. The molecule has 1 fully saturated rings. The summed E-state index contributed by atoms with van der Waals surface area (Å²) in [5.74, 6) is 0. The highest BCUT2D eigenvalue weighted by Gasteiger charge is 2.22. The van der Waals surface area contributed by atoms with Gasteiger partial charge in [0.15, 0.2) is 0 Å². The molecule has 0 unspecified atom stereocenters. The molecule has 0 bridgehead atoms. The highest BCUT2D eigenvalue weighted by molar-refractivity contribution is 5.14. The molecule has 1 saturated heterocycles. The minimum Gasteiger partial charge on any atom is -0.369 e. The summed E-state index contributed by atoms with van der Waals surface area (Å²) in [6.45, 7) is 5.74. The summed E-state index contributed by atoms with van der Waals surface area (Å²) in [5.41, 5.74) is 3.30. The van der Waals surface area contributed by atoms with Crippen molar-refractivity contribution in [1.29, 1.82) is 0 Å². The second-order valence-corrected chi connectivity index (χ2v) is 5.83. The van der Waals surface area contributed by atoms with Gasteiger partial charge >= 0.3 is 0 Å². The number of rotatable bonds is 5. The van der Waals surface area contributed by atoms with Gasteiger partial charge in [0.2, 0.25) is 0 Å². The number of ether oxygens (including phenoxy) is 1. The number of nitrogens with zero attached hydrogens (tertiary/aromatic N) is 3. The van der Waals surface area contributed by atoms with Crippen LogP contribution in [0.2, 0.25) is 0 Å². The molecular formula is C18H23N3O. The van der Waals surface area contributed by atoms with Crippen molar-refractivity contribution in [3.05, 3.63) is 59.7 Å². The fraction of sp³-hybridized carbons (Fsp3) is 0.444. The van der Waals surface area contributed by atoms with E-state index >= 15 is 0 Å².